The fourth-order valence-electron chi connectivity index (χ4n) is 3.03. The zero-order valence-corrected chi connectivity index (χ0v) is 15.6. The molecule has 0 aliphatic heterocycles. The lowest BCUT2D eigenvalue weighted by Crippen LogP contribution is -2.19. The molecular formula is C18H16F4N2O3S. The zero-order valence-electron chi connectivity index (χ0n) is 14.8. The molecule has 3 aromatic rings. The minimum atomic E-state index is -4.91. The first-order chi connectivity index (χ1) is 12.9. The van der Waals surface area contributed by atoms with E-state index in [1.54, 1.807) is 13.8 Å². The van der Waals surface area contributed by atoms with E-state index < -0.39 is 38.5 Å². The topological polar surface area (TPSA) is 85.3 Å². The molecule has 0 saturated carbocycles. The van der Waals surface area contributed by atoms with Crippen LogP contribution in [-0.2, 0) is 16.2 Å². The molecule has 0 aliphatic carbocycles. The molecular weight excluding hydrogens is 400 g/mol. The first-order valence-corrected chi connectivity index (χ1v) is 9.61. The smallest absolute Gasteiger partial charge is 0.417 e. The van der Waals surface area contributed by atoms with Crippen molar-refractivity contribution in [1.82, 2.24) is 0 Å². The van der Waals surface area contributed by atoms with Gasteiger partial charge in [-0.05, 0) is 50.2 Å². The second-order valence-electron chi connectivity index (χ2n) is 6.35. The summed E-state index contributed by atoms with van der Waals surface area (Å²) in [6.45, 7) is 3.37. The molecule has 3 N–H and O–H groups in total. The van der Waals surface area contributed by atoms with Crippen molar-refractivity contribution in [3.63, 3.8) is 0 Å². The van der Waals surface area contributed by atoms with Gasteiger partial charge in [-0.15, -0.1) is 0 Å². The van der Waals surface area contributed by atoms with Crippen molar-refractivity contribution in [2.75, 3.05) is 5.32 Å². The second-order valence-corrected chi connectivity index (χ2v) is 7.88. The van der Waals surface area contributed by atoms with Crippen LogP contribution in [0.4, 0.5) is 23.2 Å². The van der Waals surface area contributed by atoms with Crippen molar-refractivity contribution in [3.05, 3.63) is 59.1 Å². The minimum absolute atomic E-state index is 0.0262. The summed E-state index contributed by atoms with van der Waals surface area (Å²) < 4.78 is 81.8. The zero-order chi connectivity index (χ0) is 20.9. The lowest BCUT2D eigenvalue weighted by Gasteiger charge is -2.17. The minimum Gasteiger partial charge on any atom is -0.459 e. The molecule has 1 atom stereocenters. The molecule has 0 aliphatic rings. The van der Waals surface area contributed by atoms with Crippen LogP contribution in [0.3, 0.4) is 0 Å². The molecule has 0 radical (unpaired) electrons. The summed E-state index contributed by atoms with van der Waals surface area (Å²) in [6, 6.07) is 6.11. The first-order valence-electron chi connectivity index (χ1n) is 8.07. The Morgan fingerprint density at radius 2 is 1.82 bits per heavy atom. The van der Waals surface area contributed by atoms with Gasteiger partial charge in [0, 0.05) is 16.6 Å². The Hall–Kier alpha value is -2.59. The van der Waals surface area contributed by atoms with Gasteiger partial charge in [-0.3, -0.25) is 0 Å². The maximum Gasteiger partial charge on any atom is 0.417 e. The third-order valence-electron chi connectivity index (χ3n) is 4.30. The molecule has 0 bridgehead atoms. The van der Waals surface area contributed by atoms with Gasteiger partial charge in [-0.1, -0.05) is 0 Å². The highest BCUT2D eigenvalue weighted by Crippen LogP contribution is 2.37. The number of hydrogen-bond acceptors (Lipinski definition) is 4. The van der Waals surface area contributed by atoms with Gasteiger partial charge in [0.25, 0.3) is 0 Å². The van der Waals surface area contributed by atoms with Crippen LogP contribution in [0.2, 0.25) is 0 Å². The summed E-state index contributed by atoms with van der Waals surface area (Å²) in [5, 5.41) is 8.28. The van der Waals surface area contributed by atoms with Crippen LogP contribution in [0, 0.1) is 12.7 Å². The van der Waals surface area contributed by atoms with Gasteiger partial charge in [0.15, 0.2) is 0 Å². The summed E-state index contributed by atoms with van der Waals surface area (Å²) in [4.78, 5) is -1.01. The third kappa shape index (κ3) is 3.83. The molecule has 5 nitrogen and oxygen atoms in total. The number of anilines is 1. The molecule has 150 valence electrons. The maximum absolute atomic E-state index is 13.4. The predicted octanol–water partition coefficient (Wildman–Crippen LogP) is 4.72. The van der Waals surface area contributed by atoms with E-state index in [-0.39, 0.29) is 5.69 Å². The number of furan rings is 1. The van der Waals surface area contributed by atoms with Gasteiger partial charge < -0.3 is 9.73 Å². The first kappa shape index (κ1) is 20.2. The van der Waals surface area contributed by atoms with Gasteiger partial charge in [0.05, 0.1) is 16.5 Å². The Balaban J connectivity index is 1.99. The Morgan fingerprint density at radius 1 is 1.14 bits per heavy atom. The number of halogens is 4. The molecule has 1 unspecified atom stereocenters. The van der Waals surface area contributed by atoms with E-state index in [0.29, 0.717) is 28.4 Å². The molecule has 2 aromatic carbocycles. The average Bonchev–Trinajstić information content (AvgIpc) is 2.89. The van der Waals surface area contributed by atoms with Crippen LogP contribution in [0.15, 0.2) is 45.7 Å². The van der Waals surface area contributed by atoms with Crippen LogP contribution in [-0.4, -0.2) is 8.42 Å². The van der Waals surface area contributed by atoms with Gasteiger partial charge in [-0.2, -0.15) is 13.2 Å². The number of hydrogen-bond donors (Lipinski definition) is 2. The van der Waals surface area contributed by atoms with Crippen LogP contribution in [0.1, 0.15) is 29.9 Å². The number of fused-ring (bicyclic) bond motifs is 1. The van der Waals surface area contributed by atoms with E-state index in [4.69, 9.17) is 9.56 Å². The Bertz CT molecular complexity index is 1150. The summed E-state index contributed by atoms with van der Waals surface area (Å²) in [5.74, 6) is -0.0124. The number of sulfonamides is 1. The van der Waals surface area contributed by atoms with Crippen molar-refractivity contribution in [1.29, 1.82) is 0 Å². The fraction of sp³-hybridized carbons (Fsp3) is 0.222. The van der Waals surface area contributed by atoms with E-state index in [0.717, 1.165) is 6.07 Å². The van der Waals surface area contributed by atoms with E-state index in [1.165, 1.54) is 24.3 Å². The van der Waals surface area contributed by atoms with E-state index in [1.807, 2.05) is 0 Å². The van der Waals surface area contributed by atoms with Gasteiger partial charge in [-0.25, -0.2) is 17.9 Å². The molecule has 0 fully saturated rings. The Labute approximate surface area is 158 Å². The summed E-state index contributed by atoms with van der Waals surface area (Å²) >= 11 is 0. The van der Waals surface area contributed by atoms with E-state index >= 15 is 0 Å². The summed E-state index contributed by atoms with van der Waals surface area (Å²) in [6.07, 6.45) is -4.91. The maximum atomic E-state index is 13.4. The molecule has 1 aromatic heterocycles. The summed E-state index contributed by atoms with van der Waals surface area (Å²) in [5.41, 5.74) is -0.247. The number of rotatable bonds is 4. The number of nitrogens with one attached hydrogen (secondary N) is 1. The van der Waals surface area contributed by atoms with Crippen LogP contribution in [0.25, 0.3) is 11.0 Å². The number of benzene rings is 2. The normalized spacial score (nSPS) is 13.7. The molecule has 0 saturated heterocycles. The van der Waals surface area contributed by atoms with Gasteiger partial charge in [0.2, 0.25) is 10.0 Å². The summed E-state index contributed by atoms with van der Waals surface area (Å²) in [7, 11) is -4.54. The SMILES string of the molecule is Cc1c(C(C)Nc2ccc(S(N)(=O)=O)c(C(F)(F)F)c2)oc2ccc(F)cc12. The van der Waals surface area contributed by atoms with Crippen LogP contribution >= 0.6 is 0 Å². The number of alkyl halides is 3. The van der Waals surface area contributed by atoms with Gasteiger partial charge in [0.1, 0.15) is 17.2 Å². The monoisotopic (exact) mass is 416 g/mol. The number of aryl methyl sites for hydroxylation is 1. The largest absolute Gasteiger partial charge is 0.459 e. The molecule has 0 amide bonds. The average molecular weight is 416 g/mol. The lowest BCUT2D eigenvalue weighted by molar-refractivity contribution is -0.139. The van der Waals surface area contributed by atoms with E-state index in [2.05, 4.69) is 5.32 Å². The Morgan fingerprint density at radius 3 is 2.43 bits per heavy atom. The standard InChI is InChI=1S/C18H16F4N2O3S/c1-9-13-7-11(19)3-5-15(13)27-17(9)10(2)24-12-4-6-16(28(23,25)26)14(8-12)18(20,21)22/h3-8,10,24H,1-2H3,(H2,23,25,26). The van der Waals surface area contributed by atoms with Crippen molar-refractivity contribution < 1.29 is 30.4 Å². The lowest BCUT2D eigenvalue weighted by atomic mass is 10.1. The van der Waals surface area contributed by atoms with Crippen molar-refractivity contribution in [2.24, 2.45) is 5.14 Å². The van der Waals surface area contributed by atoms with Crippen molar-refractivity contribution >= 4 is 26.7 Å². The van der Waals surface area contributed by atoms with Gasteiger partial charge >= 0.3 is 6.18 Å². The molecule has 3 rings (SSSR count). The molecule has 10 heteroatoms. The molecule has 1 heterocycles. The van der Waals surface area contributed by atoms with Crippen LogP contribution in [0.5, 0.6) is 0 Å². The highest BCUT2D eigenvalue weighted by atomic mass is 32.2. The van der Waals surface area contributed by atoms with Crippen molar-refractivity contribution in [2.45, 2.75) is 31.0 Å². The molecule has 28 heavy (non-hydrogen) atoms. The second kappa shape index (κ2) is 6.78. The van der Waals surface area contributed by atoms with Crippen LogP contribution < -0.4 is 10.5 Å². The highest BCUT2D eigenvalue weighted by Gasteiger charge is 2.36. The Kier molecular flexibility index (Phi) is 4.88. The third-order valence-corrected chi connectivity index (χ3v) is 5.27. The predicted molar refractivity (Wildman–Crippen MR) is 95.8 cm³/mol. The van der Waals surface area contributed by atoms with E-state index in [9.17, 15) is 26.0 Å². The number of nitrogens with two attached hydrogens (primary N) is 1. The van der Waals surface area contributed by atoms with Crippen molar-refractivity contribution in [3.8, 4) is 0 Å². The number of primary sulfonamides is 1. The highest BCUT2D eigenvalue weighted by molar-refractivity contribution is 7.89. The fourth-order valence-corrected chi connectivity index (χ4v) is 3.77. The molecule has 0 spiro atoms. The quantitative estimate of drug-likeness (QED) is 0.603.